The van der Waals surface area contributed by atoms with Crippen molar-refractivity contribution in [1.29, 1.82) is 0 Å². The molecule has 0 fully saturated rings. The Hall–Kier alpha value is -4.15. The van der Waals surface area contributed by atoms with E-state index in [2.05, 4.69) is 0 Å². The fraction of sp³-hybridized carbons (Fsp3) is 0.143. The predicted molar refractivity (Wildman–Crippen MR) is 108 cm³/mol. The molecule has 164 valence electrons. The van der Waals surface area contributed by atoms with Crippen LogP contribution in [0.5, 0.6) is 0 Å². The third-order valence-electron chi connectivity index (χ3n) is 5.11. The zero-order valence-corrected chi connectivity index (χ0v) is 16.4. The number of halogens is 3. The largest absolute Gasteiger partial charge is 0.425 e. The molecule has 0 radical (unpaired) electrons. The maximum atomic E-state index is 14.4. The first kappa shape index (κ1) is 21.1. The average molecular weight is 444 g/mol. The van der Waals surface area contributed by atoms with Gasteiger partial charge in [0.1, 0.15) is 11.4 Å². The number of para-hydroxylation sites is 1. The number of nitrogens with one attached hydrogen (secondary N) is 3. The molecule has 3 N–H and O–H groups in total. The van der Waals surface area contributed by atoms with Crippen LogP contribution < -0.4 is 21.9 Å². The smallest absolute Gasteiger partial charge is 0.326 e. The zero-order valence-electron chi connectivity index (χ0n) is 16.4. The van der Waals surface area contributed by atoms with Gasteiger partial charge in [0.05, 0.1) is 5.69 Å². The molecule has 1 unspecified atom stereocenters. The minimum Gasteiger partial charge on any atom is -0.326 e. The maximum absolute atomic E-state index is 14.4. The van der Waals surface area contributed by atoms with Crippen LogP contribution >= 0.6 is 0 Å². The van der Waals surface area contributed by atoms with Gasteiger partial charge in [0.15, 0.2) is 0 Å². The van der Waals surface area contributed by atoms with Gasteiger partial charge in [-0.1, -0.05) is 35.9 Å². The number of aryl methyl sites for hydroxylation is 1. The Morgan fingerprint density at radius 3 is 2.22 bits per heavy atom. The molecule has 2 aromatic carbocycles. The van der Waals surface area contributed by atoms with E-state index in [0.29, 0.717) is 0 Å². The number of carbonyl (C=O) groups excluding carboxylic acids is 2. The number of fused-ring (bicyclic) bond motifs is 1. The quantitative estimate of drug-likeness (QED) is 0.573. The number of carbonyl (C=O) groups is 2. The first-order valence-electron chi connectivity index (χ1n) is 9.29. The van der Waals surface area contributed by atoms with Crippen molar-refractivity contribution in [2.75, 3.05) is 5.32 Å². The molecule has 2 heterocycles. The van der Waals surface area contributed by atoms with E-state index in [1.54, 1.807) is 18.3 Å². The second kappa shape index (κ2) is 7.22. The highest BCUT2D eigenvalue weighted by atomic mass is 19.4. The molecule has 1 aliphatic rings. The van der Waals surface area contributed by atoms with Crippen LogP contribution in [0.3, 0.4) is 0 Å². The Labute approximate surface area is 177 Å². The molecule has 0 aliphatic carbocycles. The Bertz CT molecular complexity index is 1340. The van der Waals surface area contributed by atoms with E-state index in [4.69, 9.17) is 0 Å². The van der Waals surface area contributed by atoms with Gasteiger partial charge in [0, 0.05) is 5.56 Å². The minimum absolute atomic E-state index is 0.105. The van der Waals surface area contributed by atoms with Gasteiger partial charge in [0.2, 0.25) is 0 Å². The molecular formula is C21H15F3N4O4. The number of amides is 2. The monoisotopic (exact) mass is 444 g/mol. The van der Waals surface area contributed by atoms with Crippen molar-refractivity contribution in [3.8, 4) is 5.69 Å². The Balaban J connectivity index is 1.96. The highest BCUT2D eigenvalue weighted by Crippen LogP contribution is 2.45. The first-order chi connectivity index (χ1) is 15.1. The Morgan fingerprint density at radius 1 is 1.00 bits per heavy atom. The summed E-state index contributed by atoms with van der Waals surface area (Å²) in [7, 11) is 0. The lowest BCUT2D eigenvalue weighted by Crippen LogP contribution is -2.62. The minimum atomic E-state index is -5.41. The fourth-order valence-electron chi connectivity index (χ4n) is 3.55. The summed E-state index contributed by atoms with van der Waals surface area (Å²) in [6, 6.07) is 13.1. The summed E-state index contributed by atoms with van der Waals surface area (Å²) in [4.78, 5) is 52.3. The third-order valence-corrected chi connectivity index (χ3v) is 5.11. The Morgan fingerprint density at radius 2 is 1.62 bits per heavy atom. The highest BCUT2D eigenvalue weighted by molar-refractivity contribution is 6.09. The lowest BCUT2D eigenvalue weighted by atomic mass is 9.91. The lowest BCUT2D eigenvalue weighted by molar-refractivity contribution is -0.196. The Kier molecular flexibility index (Phi) is 4.76. The number of aromatic amines is 1. The molecule has 1 atom stereocenters. The summed E-state index contributed by atoms with van der Waals surface area (Å²) in [6.07, 6.45) is -5.41. The van der Waals surface area contributed by atoms with Gasteiger partial charge in [-0.25, -0.2) is 9.36 Å². The molecule has 3 aromatic rings. The van der Waals surface area contributed by atoms with Crippen molar-refractivity contribution in [1.82, 2.24) is 14.9 Å². The van der Waals surface area contributed by atoms with Crippen molar-refractivity contribution in [3.63, 3.8) is 0 Å². The first-order valence-corrected chi connectivity index (χ1v) is 9.29. The molecule has 0 saturated heterocycles. The number of nitrogens with zero attached hydrogens (tertiary/aromatic N) is 1. The maximum Gasteiger partial charge on any atom is 0.425 e. The van der Waals surface area contributed by atoms with E-state index in [9.17, 15) is 32.3 Å². The molecule has 2 amide bonds. The van der Waals surface area contributed by atoms with E-state index >= 15 is 0 Å². The second-order valence-electron chi connectivity index (χ2n) is 7.18. The summed E-state index contributed by atoms with van der Waals surface area (Å²) in [6.45, 7) is 1.72. The SMILES string of the molecule is Cc1ccc(C(=O)NC2(C(F)(F)F)C(=O)Nc3c2c(=O)[nH]c(=O)n3-c2ccccc2)cc1. The third kappa shape index (κ3) is 3.09. The van der Waals surface area contributed by atoms with Gasteiger partial charge in [-0.05, 0) is 31.2 Å². The summed E-state index contributed by atoms with van der Waals surface area (Å²) in [5.41, 5.74) is -6.61. The second-order valence-corrected chi connectivity index (χ2v) is 7.18. The topological polar surface area (TPSA) is 113 Å². The fourth-order valence-corrected chi connectivity index (χ4v) is 3.55. The van der Waals surface area contributed by atoms with Crippen molar-refractivity contribution < 1.29 is 22.8 Å². The van der Waals surface area contributed by atoms with Crippen LogP contribution in [-0.4, -0.2) is 27.5 Å². The molecular weight excluding hydrogens is 429 g/mol. The number of alkyl halides is 3. The summed E-state index contributed by atoms with van der Waals surface area (Å²) in [5.74, 6) is -3.60. The van der Waals surface area contributed by atoms with Crippen LogP contribution in [0.4, 0.5) is 19.0 Å². The van der Waals surface area contributed by atoms with Gasteiger partial charge < -0.3 is 10.6 Å². The van der Waals surface area contributed by atoms with Crippen molar-refractivity contribution in [3.05, 3.63) is 92.1 Å². The van der Waals surface area contributed by atoms with Crippen LogP contribution in [0, 0.1) is 6.92 Å². The zero-order chi connectivity index (χ0) is 23.3. The van der Waals surface area contributed by atoms with Crippen molar-refractivity contribution in [2.45, 2.75) is 18.6 Å². The van der Waals surface area contributed by atoms with E-state index in [-0.39, 0.29) is 11.3 Å². The number of hydrogen-bond donors (Lipinski definition) is 3. The molecule has 0 saturated carbocycles. The summed E-state index contributed by atoms with van der Waals surface area (Å²) < 4.78 is 43.9. The lowest BCUT2D eigenvalue weighted by Gasteiger charge is -2.30. The van der Waals surface area contributed by atoms with Crippen LogP contribution in [0.1, 0.15) is 21.5 Å². The number of anilines is 1. The molecule has 32 heavy (non-hydrogen) atoms. The standard InChI is InChI=1S/C21H15F3N4O4/c1-11-7-9-12(10-8-11)16(29)27-20(21(22,23)24)14-15(25-18(20)31)28(19(32)26-17(14)30)13-5-3-2-4-6-13/h2-10H,1H3,(H,25,31)(H,27,29)(H,26,30,32). The number of benzene rings is 2. The summed E-state index contributed by atoms with van der Waals surface area (Å²) in [5, 5.41) is 3.68. The van der Waals surface area contributed by atoms with Crippen LogP contribution in [0.2, 0.25) is 0 Å². The van der Waals surface area contributed by atoms with Gasteiger partial charge in [-0.3, -0.25) is 19.4 Å². The average Bonchev–Trinajstić information content (AvgIpc) is 3.02. The van der Waals surface area contributed by atoms with Crippen LogP contribution in [-0.2, 0) is 10.3 Å². The predicted octanol–water partition coefficient (Wildman–Crippen LogP) is 1.97. The van der Waals surface area contributed by atoms with E-state index in [1.807, 2.05) is 10.3 Å². The van der Waals surface area contributed by atoms with E-state index in [0.717, 1.165) is 10.1 Å². The van der Waals surface area contributed by atoms with E-state index < -0.39 is 46.2 Å². The molecule has 1 aromatic heterocycles. The number of aromatic nitrogens is 2. The van der Waals surface area contributed by atoms with Crippen molar-refractivity contribution in [2.24, 2.45) is 0 Å². The number of hydrogen-bond acceptors (Lipinski definition) is 4. The molecule has 4 rings (SSSR count). The molecule has 11 heteroatoms. The highest BCUT2D eigenvalue weighted by Gasteiger charge is 2.68. The normalized spacial score (nSPS) is 17.6. The van der Waals surface area contributed by atoms with Crippen LogP contribution in [0.15, 0.2) is 64.2 Å². The van der Waals surface area contributed by atoms with Gasteiger partial charge in [-0.15, -0.1) is 0 Å². The van der Waals surface area contributed by atoms with Crippen molar-refractivity contribution >= 4 is 17.6 Å². The van der Waals surface area contributed by atoms with E-state index in [1.165, 1.54) is 48.5 Å². The van der Waals surface area contributed by atoms with Gasteiger partial charge in [0.25, 0.3) is 22.9 Å². The van der Waals surface area contributed by atoms with Crippen LogP contribution in [0.25, 0.3) is 5.69 Å². The molecule has 8 nitrogen and oxygen atoms in total. The molecule has 0 bridgehead atoms. The molecule has 1 aliphatic heterocycles. The van der Waals surface area contributed by atoms with Gasteiger partial charge >= 0.3 is 11.9 Å². The number of rotatable bonds is 3. The number of H-pyrrole nitrogens is 1. The van der Waals surface area contributed by atoms with Gasteiger partial charge in [-0.2, -0.15) is 13.2 Å². The summed E-state index contributed by atoms with van der Waals surface area (Å²) >= 11 is 0. The molecule has 0 spiro atoms.